The lowest BCUT2D eigenvalue weighted by molar-refractivity contribution is -0.163. The first-order valence-corrected chi connectivity index (χ1v) is 5.21. The number of hydrogen-bond donors (Lipinski definition) is 2. The molecular weight excluding hydrogens is 196 g/mol. The monoisotopic (exact) mass is 218 g/mol. The molecule has 0 aromatic heterocycles. The third-order valence-electron chi connectivity index (χ3n) is 2.36. The molecule has 0 aliphatic heterocycles. The van der Waals surface area contributed by atoms with Crippen LogP contribution in [0.3, 0.4) is 0 Å². The van der Waals surface area contributed by atoms with E-state index in [1.807, 2.05) is 0 Å². The summed E-state index contributed by atoms with van der Waals surface area (Å²) in [5.74, 6) is -1.08. The molecule has 3 atom stereocenters. The molecule has 0 aliphatic carbocycles. The van der Waals surface area contributed by atoms with Gasteiger partial charge < -0.3 is 14.9 Å². The fourth-order valence-electron chi connectivity index (χ4n) is 1.11. The van der Waals surface area contributed by atoms with E-state index < -0.39 is 17.6 Å². The SMILES string of the molecule is C[C@H]([C@H](C)C(=O)OC(C)(C)C)[C@@H](O)CO. The molecule has 0 amide bonds. The lowest BCUT2D eigenvalue weighted by atomic mass is 9.91. The van der Waals surface area contributed by atoms with Gasteiger partial charge in [0.25, 0.3) is 0 Å². The second-order valence-electron chi connectivity index (χ2n) is 4.93. The van der Waals surface area contributed by atoms with Crippen molar-refractivity contribution >= 4 is 5.97 Å². The van der Waals surface area contributed by atoms with Gasteiger partial charge in [-0.25, -0.2) is 0 Å². The standard InChI is InChI=1S/C11H22O4/c1-7(9(13)6-12)8(2)10(14)15-11(3,4)5/h7-9,12-13H,6H2,1-5H3/t7-,8+,9+/m1/s1. The maximum absolute atomic E-state index is 11.6. The molecule has 0 aliphatic rings. The highest BCUT2D eigenvalue weighted by Gasteiger charge is 2.29. The van der Waals surface area contributed by atoms with Crippen molar-refractivity contribution in [1.29, 1.82) is 0 Å². The van der Waals surface area contributed by atoms with Crippen LogP contribution < -0.4 is 0 Å². The molecule has 0 heterocycles. The molecule has 0 bridgehead atoms. The Hall–Kier alpha value is -0.610. The number of esters is 1. The molecule has 4 heteroatoms. The zero-order valence-electron chi connectivity index (χ0n) is 10.2. The van der Waals surface area contributed by atoms with Crippen molar-refractivity contribution in [2.24, 2.45) is 11.8 Å². The van der Waals surface area contributed by atoms with Crippen molar-refractivity contribution in [3.05, 3.63) is 0 Å². The van der Waals surface area contributed by atoms with Crippen molar-refractivity contribution in [1.82, 2.24) is 0 Å². The minimum Gasteiger partial charge on any atom is -0.460 e. The number of aliphatic hydroxyl groups excluding tert-OH is 2. The van der Waals surface area contributed by atoms with Crippen LogP contribution in [0.15, 0.2) is 0 Å². The third-order valence-corrected chi connectivity index (χ3v) is 2.36. The third kappa shape index (κ3) is 5.14. The second-order valence-corrected chi connectivity index (χ2v) is 4.93. The van der Waals surface area contributed by atoms with Crippen molar-refractivity contribution in [3.8, 4) is 0 Å². The molecule has 0 fully saturated rings. The Morgan fingerprint density at radius 2 is 1.80 bits per heavy atom. The van der Waals surface area contributed by atoms with Crippen LogP contribution in [0.2, 0.25) is 0 Å². The van der Waals surface area contributed by atoms with Crippen LogP contribution in [-0.2, 0) is 9.53 Å². The molecule has 2 N–H and O–H groups in total. The van der Waals surface area contributed by atoms with Gasteiger partial charge in [-0.3, -0.25) is 4.79 Å². The smallest absolute Gasteiger partial charge is 0.309 e. The van der Waals surface area contributed by atoms with Crippen molar-refractivity contribution in [2.45, 2.75) is 46.3 Å². The number of rotatable bonds is 4. The fourth-order valence-corrected chi connectivity index (χ4v) is 1.11. The van der Waals surface area contributed by atoms with Gasteiger partial charge in [0.1, 0.15) is 5.60 Å². The zero-order chi connectivity index (χ0) is 12.2. The largest absolute Gasteiger partial charge is 0.460 e. The van der Waals surface area contributed by atoms with E-state index in [2.05, 4.69) is 0 Å². The Kier molecular flexibility index (Phi) is 5.24. The molecule has 0 saturated heterocycles. The average molecular weight is 218 g/mol. The van der Waals surface area contributed by atoms with Crippen LogP contribution in [0, 0.1) is 11.8 Å². The predicted molar refractivity (Wildman–Crippen MR) is 57.3 cm³/mol. The summed E-state index contributed by atoms with van der Waals surface area (Å²) in [6.45, 7) is 8.46. The second kappa shape index (κ2) is 5.47. The van der Waals surface area contributed by atoms with E-state index in [9.17, 15) is 9.90 Å². The molecule has 0 radical (unpaired) electrons. The van der Waals surface area contributed by atoms with Gasteiger partial charge in [-0.2, -0.15) is 0 Å². The summed E-state index contributed by atoms with van der Waals surface area (Å²) < 4.78 is 5.18. The summed E-state index contributed by atoms with van der Waals surface area (Å²) in [4.78, 5) is 11.6. The number of ether oxygens (including phenoxy) is 1. The molecule has 15 heavy (non-hydrogen) atoms. The van der Waals surface area contributed by atoms with Crippen LogP contribution >= 0.6 is 0 Å². The average Bonchev–Trinajstić information content (AvgIpc) is 2.11. The predicted octanol–water partition coefficient (Wildman–Crippen LogP) is 0.953. The van der Waals surface area contributed by atoms with Gasteiger partial charge in [-0.05, 0) is 26.7 Å². The fraction of sp³-hybridized carbons (Fsp3) is 0.909. The quantitative estimate of drug-likeness (QED) is 0.690. The summed E-state index contributed by atoms with van der Waals surface area (Å²) in [5.41, 5.74) is -0.519. The van der Waals surface area contributed by atoms with E-state index >= 15 is 0 Å². The summed E-state index contributed by atoms with van der Waals surface area (Å²) in [6, 6.07) is 0. The first kappa shape index (κ1) is 14.4. The van der Waals surface area contributed by atoms with Crippen molar-refractivity contribution in [3.63, 3.8) is 0 Å². The van der Waals surface area contributed by atoms with Gasteiger partial charge in [0, 0.05) is 0 Å². The lowest BCUT2D eigenvalue weighted by Crippen LogP contribution is -2.35. The van der Waals surface area contributed by atoms with Crippen LogP contribution in [-0.4, -0.2) is 34.5 Å². The molecule has 0 saturated carbocycles. The Morgan fingerprint density at radius 3 is 2.13 bits per heavy atom. The van der Waals surface area contributed by atoms with E-state index in [-0.39, 0.29) is 18.5 Å². The summed E-state index contributed by atoms with van der Waals surface area (Å²) in [5, 5.41) is 18.2. The zero-order valence-corrected chi connectivity index (χ0v) is 10.2. The van der Waals surface area contributed by atoms with E-state index in [1.165, 1.54) is 0 Å². The lowest BCUT2D eigenvalue weighted by Gasteiger charge is -2.26. The number of aliphatic hydroxyl groups is 2. The summed E-state index contributed by atoms with van der Waals surface area (Å²) in [6.07, 6.45) is -0.882. The molecular formula is C11H22O4. The van der Waals surface area contributed by atoms with Crippen LogP contribution in [0.25, 0.3) is 0 Å². The molecule has 0 rings (SSSR count). The van der Waals surface area contributed by atoms with Crippen molar-refractivity contribution in [2.75, 3.05) is 6.61 Å². The summed E-state index contributed by atoms with van der Waals surface area (Å²) in [7, 11) is 0. The Balaban J connectivity index is 4.32. The highest BCUT2D eigenvalue weighted by atomic mass is 16.6. The Morgan fingerprint density at radius 1 is 1.33 bits per heavy atom. The first-order chi connectivity index (χ1) is 6.69. The van der Waals surface area contributed by atoms with E-state index in [0.717, 1.165) is 0 Å². The van der Waals surface area contributed by atoms with E-state index in [1.54, 1.807) is 34.6 Å². The highest BCUT2D eigenvalue weighted by molar-refractivity contribution is 5.72. The number of carbonyl (C=O) groups is 1. The topological polar surface area (TPSA) is 66.8 Å². The first-order valence-electron chi connectivity index (χ1n) is 5.21. The van der Waals surface area contributed by atoms with Crippen LogP contribution in [0.5, 0.6) is 0 Å². The van der Waals surface area contributed by atoms with E-state index in [4.69, 9.17) is 9.84 Å². The van der Waals surface area contributed by atoms with Crippen LogP contribution in [0.4, 0.5) is 0 Å². The number of hydrogen-bond acceptors (Lipinski definition) is 4. The maximum Gasteiger partial charge on any atom is 0.309 e. The highest BCUT2D eigenvalue weighted by Crippen LogP contribution is 2.19. The van der Waals surface area contributed by atoms with Gasteiger partial charge in [0.05, 0.1) is 18.6 Å². The van der Waals surface area contributed by atoms with E-state index in [0.29, 0.717) is 0 Å². The summed E-state index contributed by atoms with van der Waals surface area (Å²) >= 11 is 0. The minimum atomic E-state index is -0.882. The Labute approximate surface area is 91.3 Å². The van der Waals surface area contributed by atoms with Crippen molar-refractivity contribution < 1.29 is 19.7 Å². The molecule has 0 unspecified atom stereocenters. The van der Waals surface area contributed by atoms with Gasteiger partial charge >= 0.3 is 5.97 Å². The molecule has 90 valence electrons. The maximum atomic E-state index is 11.6. The molecule has 0 aromatic carbocycles. The van der Waals surface area contributed by atoms with Gasteiger partial charge in [0.2, 0.25) is 0 Å². The van der Waals surface area contributed by atoms with Crippen LogP contribution in [0.1, 0.15) is 34.6 Å². The normalized spacial score (nSPS) is 18.1. The van der Waals surface area contributed by atoms with Gasteiger partial charge in [-0.1, -0.05) is 13.8 Å². The molecule has 4 nitrogen and oxygen atoms in total. The number of carbonyl (C=O) groups excluding carboxylic acids is 1. The molecule has 0 aromatic rings. The van der Waals surface area contributed by atoms with Gasteiger partial charge in [0.15, 0.2) is 0 Å². The van der Waals surface area contributed by atoms with Gasteiger partial charge in [-0.15, -0.1) is 0 Å². The Bertz CT molecular complexity index is 207. The molecule has 0 spiro atoms. The minimum absolute atomic E-state index is 0.315.